The van der Waals surface area contributed by atoms with E-state index in [0.717, 1.165) is 43.2 Å². The Morgan fingerprint density at radius 2 is 1.63 bits per heavy atom. The fourth-order valence-corrected chi connectivity index (χ4v) is 4.03. The molecule has 0 radical (unpaired) electrons. The topological polar surface area (TPSA) is 72.2 Å². The van der Waals surface area contributed by atoms with E-state index < -0.39 is 10.0 Å². The third-order valence-electron chi connectivity index (χ3n) is 3.73. The average Bonchev–Trinajstić information content (AvgIpc) is 2.47. The molecule has 1 aliphatic carbocycles. The number of sulfonamides is 1. The molecule has 1 aromatic carbocycles. The van der Waals surface area contributed by atoms with Crippen molar-refractivity contribution in [3.8, 4) is 0 Å². The first-order valence-corrected chi connectivity index (χ1v) is 8.43. The van der Waals surface area contributed by atoms with Gasteiger partial charge in [0, 0.05) is 13.1 Å². The standard InChI is InChI=1S/C14H22N2O2S/c15-10-12-6-8-13(9-7-12)11-16-19(17,18)14-4-2-1-3-5-14/h6-9,14,16H,1-5,10-11,15H2. The summed E-state index contributed by atoms with van der Waals surface area (Å²) in [5, 5.41) is -0.204. The maximum absolute atomic E-state index is 12.2. The van der Waals surface area contributed by atoms with E-state index in [2.05, 4.69) is 4.72 Å². The number of nitrogens with two attached hydrogens (primary N) is 1. The van der Waals surface area contributed by atoms with Crippen molar-refractivity contribution in [2.75, 3.05) is 0 Å². The second-order valence-corrected chi connectivity index (χ2v) is 7.19. The summed E-state index contributed by atoms with van der Waals surface area (Å²) in [5.74, 6) is 0. The molecule has 19 heavy (non-hydrogen) atoms. The summed E-state index contributed by atoms with van der Waals surface area (Å²) in [4.78, 5) is 0. The lowest BCUT2D eigenvalue weighted by molar-refractivity contribution is 0.477. The van der Waals surface area contributed by atoms with Gasteiger partial charge in [0.15, 0.2) is 0 Å². The Hall–Kier alpha value is -0.910. The smallest absolute Gasteiger partial charge is 0.214 e. The van der Waals surface area contributed by atoms with Crippen molar-refractivity contribution < 1.29 is 8.42 Å². The van der Waals surface area contributed by atoms with Crippen molar-refractivity contribution in [3.63, 3.8) is 0 Å². The van der Waals surface area contributed by atoms with Gasteiger partial charge in [-0.2, -0.15) is 0 Å². The van der Waals surface area contributed by atoms with E-state index >= 15 is 0 Å². The highest BCUT2D eigenvalue weighted by atomic mass is 32.2. The summed E-state index contributed by atoms with van der Waals surface area (Å²) in [6, 6.07) is 7.71. The van der Waals surface area contributed by atoms with Crippen LogP contribution in [0.5, 0.6) is 0 Å². The SMILES string of the molecule is NCc1ccc(CNS(=O)(=O)C2CCCCC2)cc1. The largest absolute Gasteiger partial charge is 0.326 e. The molecule has 3 N–H and O–H groups in total. The maximum atomic E-state index is 12.2. The first-order chi connectivity index (χ1) is 9.12. The summed E-state index contributed by atoms with van der Waals surface area (Å²) in [6.07, 6.45) is 4.79. The molecule has 0 spiro atoms. The monoisotopic (exact) mass is 282 g/mol. The summed E-state index contributed by atoms with van der Waals surface area (Å²) in [7, 11) is -3.17. The lowest BCUT2D eigenvalue weighted by Gasteiger charge is -2.22. The Labute approximate surface area is 115 Å². The molecule has 0 amide bonds. The van der Waals surface area contributed by atoms with Crippen molar-refractivity contribution in [1.82, 2.24) is 4.72 Å². The molecule has 0 unspecified atom stereocenters. The molecule has 0 heterocycles. The minimum Gasteiger partial charge on any atom is -0.326 e. The minimum atomic E-state index is -3.17. The molecule has 1 fully saturated rings. The summed E-state index contributed by atoms with van der Waals surface area (Å²) < 4.78 is 27.0. The van der Waals surface area contributed by atoms with Gasteiger partial charge in [-0.05, 0) is 24.0 Å². The van der Waals surface area contributed by atoms with Crippen molar-refractivity contribution in [1.29, 1.82) is 0 Å². The van der Waals surface area contributed by atoms with Crippen LogP contribution in [0, 0.1) is 0 Å². The van der Waals surface area contributed by atoms with Crippen molar-refractivity contribution in [2.45, 2.75) is 50.4 Å². The van der Waals surface area contributed by atoms with Gasteiger partial charge in [0.1, 0.15) is 0 Å². The first-order valence-electron chi connectivity index (χ1n) is 6.88. The van der Waals surface area contributed by atoms with Crippen molar-refractivity contribution in [2.24, 2.45) is 5.73 Å². The minimum absolute atomic E-state index is 0.204. The van der Waals surface area contributed by atoms with E-state index in [1.807, 2.05) is 24.3 Å². The highest BCUT2D eigenvalue weighted by molar-refractivity contribution is 7.90. The third-order valence-corrected chi connectivity index (χ3v) is 5.62. The van der Waals surface area contributed by atoms with Gasteiger partial charge in [-0.15, -0.1) is 0 Å². The Balaban J connectivity index is 1.92. The molecule has 0 aliphatic heterocycles. The molecule has 4 nitrogen and oxygen atoms in total. The quantitative estimate of drug-likeness (QED) is 0.866. The van der Waals surface area contributed by atoms with Crippen molar-refractivity contribution >= 4 is 10.0 Å². The molecule has 0 saturated heterocycles. The molecule has 106 valence electrons. The molecule has 2 rings (SSSR count). The Morgan fingerprint density at radius 3 is 2.21 bits per heavy atom. The molecule has 5 heteroatoms. The molecular formula is C14H22N2O2S. The number of benzene rings is 1. The Bertz CT molecular complexity index is 491. The molecule has 0 bridgehead atoms. The normalized spacial score (nSPS) is 17.5. The zero-order valence-corrected chi connectivity index (χ0v) is 12.0. The molecule has 1 aromatic rings. The van der Waals surface area contributed by atoms with Crippen LogP contribution in [0.15, 0.2) is 24.3 Å². The zero-order valence-electron chi connectivity index (χ0n) is 11.1. The number of hydrogen-bond acceptors (Lipinski definition) is 3. The predicted octanol–water partition coefficient (Wildman–Crippen LogP) is 1.90. The summed E-state index contributed by atoms with van der Waals surface area (Å²) in [5.41, 5.74) is 7.55. The van der Waals surface area contributed by atoms with Crippen molar-refractivity contribution in [3.05, 3.63) is 35.4 Å². The Kier molecular flexibility index (Phi) is 4.96. The Morgan fingerprint density at radius 1 is 1.05 bits per heavy atom. The second-order valence-electron chi connectivity index (χ2n) is 5.15. The van der Waals surface area contributed by atoms with Crippen LogP contribution in [-0.2, 0) is 23.1 Å². The highest BCUT2D eigenvalue weighted by Crippen LogP contribution is 2.23. The van der Waals surface area contributed by atoms with Gasteiger partial charge in [-0.1, -0.05) is 43.5 Å². The number of hydrogen-bond donors (Lipinski definition) is 2. The lowest BCUT2D eigenvalue weighted by Crippen LogP contribution is -2.35. The van der Waals surface area contributed by atoms with Crippen LogP contribution in [0.2, 0.25) is 0 Å². The van der Waals surface area contributed by atoms with E-state index in [9.17, 15) is 8.42 Å². The molecule has 1 aliphatic rings. The van der Waals surface area contributed by atoms with Gasteiger partial charge in [-0.25, -0.2) is 13.1 Å². The fraction of sp³-hybridized carbons (Fsp3) is 0.571. The van der Waals surface area contributed by atoms with Crippen LogP contribution >= 0.6 is 0 Å². The van der Waals surface area contributed by atoms with E-state index in [1.165, 1.54) is 0 Å². The van der Waals surface area contributed by atoms with Gasteiger partial charge < -0.3 is 5.73 Å². The zero-order chi connectivity index (χ0) is 13.7. The van der Waals surface area contributed by atoms with Crippen LogP contribution in [0.3, 0.4) is 0 Å². The van der Waals surface area contributed by atoms with Gasteiger partial charge in [0.25, 0.3) is 0 Å². The fourth-order valence-electron chi connectivity index (χ4n) is 2.47. The van der Waals surface area contributed by atoms with Gasteiger partial charge in [0.2, 0.25) is 10.0 Å². The van der Waals surface area contributed by atoms with E-state index in [4.69, 9.17) is 5.73 Å². The molecular weight excluding hydrogens is 260 g/mol. The maximum Gasteiger partial charge on any atom is 0.214 e. The van der Waals surface area contributed by atoms with E-state index in [-0.39, 0.29) is 5.25 Å². The number of rotatable bonds is 5. The predicted molar refractivity (Wildman–Crippen MR) is 77.0 cm³/mol. The van der Waals surface area contributed by atoms with Crippen LogP contribution < -0.4 is 10.5 Å². The van der Waals surface area contributed by atoms with Gasteiger partial charge in [-0.3, -0.25) is 0 Å². The number of nitrogens with one attached hydrogen (secondary N) is 1. The molecule has 1 saturated carbocycles. The van der Waals surface area contributed by atoms with Gasteiger partial charge in [0.05, 0.1) is 5.25 Å². The third kappa shape index (κ3) is 4.03. The second kappa shape index (κ2) is 6.50. The van der Waals surface area contributed by atoms with Crippen LogP contribution in [-0.4, -0.2) is 13.7 Å². The first kappa shape index (κ1) is 14.5. The van der Waals surface area contributed by atoms with Gasteiger partial charge >= 0.3 is 0 Å². The average molecular weight is 282 g/mol. The lowest BCUT2D eigenvalue weighted by atomic mass is 10.0. The molecule has 0 atom stereocenters. The molecule has 0 aromatic heterocycles. The summed E-state index contributed by atoms with van der Waals surface area (Å²) in [6.45, 7) is 0.873. The highest BCUT2D eigenvalue weighted by Gasteiger charge is 2.26. The van der Waals surface area contributed by atoms with Crippen LogP contribution in [0.4, 0.5) is 0 Å². The van der Waals surface area contributed by atoms with E-state index in [0.29, 0.717) is 13.1 Å². The summed E-state index contributed by atoms with van der Waals surface area (Å²) >= 11 is 0. The van der Waals surface area contributed by atoms with E-state index in [1.54, 1.807) is 0 Å². The van der Waals surface area contributed by atoms with Crippen LogP contribution in [0.1, 0.15) is 43.2 Å². The van der Waals surface area contributed by atoms with Crippen LogP contribution in [0.25, 0.3) is 0 Å².